The van der Waals surface area contributed by atoms with Gasteiger partial charge in [0.1, 0.15) is 0 Å². The van der Waals surface area contributed by atoms with E-state index >= 15 is 0 Å². The van der Waals surface area contributed by atoms with Gasteiger partial charge in [-0.3, -0.25) is 0 Å². The standard InChI is InChI=1S/C9H10/c1-5-2-3-6-7-4-8(7)9(5)6/h5-9H,4H2,1H3. The average Bonchev–Trinajstić information content (AvgIpc) is 2.38. The van der Waals surface area contributed by atoms with Crippen molar-refractivity contribution in [3.63, 3.8) is 0 Å². The zero-order chi connectivity index (χ0) is 6.01. The molecule has 2 fully saturated rings. The van der Waals surface area contributed by atoms with Gasteiger partial charge in [0.05, 0.1) is 0 Å². The fourth-order valence-corrected chi connectivity index (χ4v) is 2.71. The molecule has 3 rings (SSSR count). The maximum atomic E-state index is 3.35. The maximum absolute atomic E-state index is 3.35. The molecule has 0 aromatic rings. The highest BCUT2D eigenvalue weighted by Crippen LogP contribution is 2.67. The Balaban J connectivity index is 1.99. The molecule has 0 heterocycles. The molecule has 0 saturated heterocycles. The lowest BCUT2D eigenvalue weighted by atomic mass is 9.72. The number of hydrogen-bond acceptors (Lipinski definition) is 0. The molecular weight excluding hydrogens is 108 g/mol. The molecule has 0 nitrogen and oxygen atoms in total. The molecule has 0 bridgehead atoms. The molecule has 3 aliphatic carbocycles. The second-order valence-electron chi connectivity index (χ2n) is 3.74. The van der Waals surface area contributed by atoms with E-state index in [-0.39, 0.29) is 0 Å². The SMILES string of the molecule is CC1C#CC2C3CC3C12. The van der Waals surface area contributed by atoms with Crippen LogP contribution in [0, 0.1) is 41.4 Å². The molecule has 0 heteroatoms. The van der Waals surface area contributed by atoms with E-state index in [9.17, 15) is 0 Å². The van der Waals surface area contributed by atoms with Crippen LogP contribution in [0.5, 0.6) is 0 Å². The molecule has 2 saturated carbocycles. The van der Waals surface area contributed by atoms with Crippen molar-refractivity contribution in [2.24, 2.45) is 29.6 Å². The minimum absolute atomic E-state index is 0.735. The van der Waals surface area contributed by atoms with Crippen LogP contribution in [0.15, 0.2) is 0 Å². The maximum Gasteiger partial charge on any atom is 0.0276 e. The van der Waals surface area contributed by atoms with Crippen molar-refractivity contribution < 1.29 is 0 Å². The molecule has 0 spiro atoms. The third kappa shape index (κ3) is 0.331. The highest BCUT2D eigenvalue weighted by atomic mass is 14.7. The molecule has 0 aromatic carbocycles. The van der Waals surface area contributed by atoms with E-state index in [0.717, 1.165) is 29.6 Å². The molecule has 3 aliphatic rings. The number of hydrogen-bond donors (Lipinski definition) is 0. The Kier molecular flexibility index (Phi) is 0.514. The fraction of sp³-hybridized carbons (Fsp3) is 0.778. The third-order valence-electron chi connectivity index (χ3n) is 3.32. The minimum atomic E-state index is 0.735. The van der Waals surface area contributed by atoms with Gasteiger partial charge >= 0.3 is 0 Å². The summed E-state index contributed by atoms with van der Waals surface area (Å²) in [4.78, 5) is 0. The van der Waals surface area contributed by atoms with Crippen LogP contribution in [-0.2, 0) is 0 Å². The van der Waals surface area contributed by atoms with Crippen LogP contribution in [0.25, 0.3) is 0 Å². The lowest BCUT2D eigenvalue weighted by molar-refractivity contribution is 0.184. The van der Waals surface area contributed by atoms with Gasteiger partial charge in [-0.15, -0.1) is 0 Å². The van der Waals surface area contributed by atoms with Crippen molar-refractivity contribution in [1.82, 2.24) is 0 Å². The van der Waals surface area contributed by atoms with Gasteiger partial charge in [0.15, 0.2) is 0 Å². The van der Waals surface area contributed by atoms with Crippen LogP contribution >= 0.6 is 0 Å². The normalized spacial score (nSPS) is 64.8. The second-order valence-corrected chi connectivity index (χ2v) is 3.74. The second kappa shape index (κ2) is 1.06. The molecule has 0 amide bonds. The third-order valence-corrected chi connectivity index (χ3v) is 3.32. The van der Waals surface area contributed by atoms with Gasteiger partial charge in [-0.2, -0.15) is 0 Å². The summed E-state index contributed by atoms with van der Waals surface area (Å²) < 4.78 is 0. The van der Waals surface area contributed by atoms with E-state index < -0.39 is 0 Å². The van der Waals surface area contributed by atoms with Crippen molar-refractivity contribution in [3.05, 3.63) is 0 Å². The van der Waals surface area contributed by atoms with Crippen LogP contribution in [0.2, 0.25) is 0 Å². The summed E-state index contributed by atoms with van der Waals surface area (Å²) in [6, 6.07) is 0. The van der Waals surface area contributed by atoms with E-state index in [1.165, 1.54) is 6.42 Å². The Hall–Kier alpha value is -0.440. The van der Waals surface area contributed by atoms with Gasteiger partial charge in [0.2, 0.25) is 0 Å². The van der Waals surface area contributed by atoms with Gasteiger partial charge in [-0.05, 0) is 24.2 Å². The lowest BCUT2D eigenvalue weighted by Gasteiger charge is -2.30. The molecular formula is C9H10. The predicted molar refractivity (Wildman–Crippen MR) is 35.5 cm³/mol. The van der Waals surface area contributed by atoms with Gasteiger partial charge in [-0.1, -0.05) is 18.8 Å². The molecule has 0 radical (unpaired) electrons. The van der Waals surface area contributed by atoms with Crippen molar-refractivity contribution in [2.45, 2.75) is 13.3 Å². The summed E-state index contributed by atoms with van der Waals surface area (Å²) in [5.41, 5.74) is 0. The minimum Gasteiger partial charge on any atom is -0.0995 e. The van der Waals surface area contributed by atoms with E-state index in [2.05, 4.69) is 18.8 Å². The van der Waals surface area contributed by atoms with Gasteiger partial charge in [0.25, 0.3) is 0 Å². The quantitative estimate of drug-likeness (QED) is 0.423. The Labute approximate surface area is 55.6 Å². The summed E-state index contributed by atoms with van der Waals surface area (Å²) in [5.74, 6) is 11.4. The Bertz CT molecular complexity index is 218. The van der Waals surface area contributed by atoms with Crippen LogP contribution in [0.4, 0.5) is 0 Å². The molecule has 0 N–H and O–H groups in total. The Morgan fingerprint density at radius 2 is 2.11 bits per heavy atom. The lowest BCUT2D eigenvalue weighted by Crippen LogP contribution is -2.29. The summed E-state index contributed by atoms with van der Waals surface area (Å²) in [7, 11) is 0. The van der Waals surface area contributed by atoms with Crippen molar-refractivity contribution in [1.29, 1.82) is 0 Å². The average molecular weight is 118 g/mol. The molecule has 9 heavy (non-hydrogen) atoms. The first-order valence-electron chi connectivity index (χ1n) is 3.89. The summed E-state index contributed by atoms with van der Waals surface area (Å²) in [6.45, 7) is 2.28. The first kappa shape index (κ1) is 4.39. The number of rotatable bonds is 0. The molecule has 0 aliphatic heterocycles. The summed E-state index contributed by atoms with van der Waals surface area (Å²) >= 11 is 0. The molecule has 0 aromatic heterocycles. The van der Waals surface area contributed by atoms with E-state index in [4.69, 9.17) is 0 Å². The largest absolute Gasteiger partial charge is 0.0995 e. The van der Waals surface area contributed by atoms with Gasteiger partial charge in [-0.25, -0.2) is 0 Å². The fourth-order valence-electron chi connectivity index (χ4n) is 2.71. The predicted octanol–water partition coefficient (Wildman–Crippen LogP) is 1.52. The topological polar surface area (TPSA) is 0 Å². The van der Waals surface area contributed by atoms with E-state index in [1.54, 1.807) is 0 Å². The van der Waals surface area contributed by atoms with Crippen LogP contribution in [-0.4, -0.2) is 0 Å². The van der Waals surface area contributed by atoms with Crippen molar-refractivity contribution in [2.75, 3.05) is 0 Å². The zero-order valence-corrected chi connectivity index (χ0v) is 5.59. The van der Waals surface area contributed by atoms with E-state index in [0.29, 0.717) is 0 Å². The monoisotopic (exact) mass is 118 g/mol. The van der Waals surface area contributed by atoms with Crippen molar-refractivity contribution in [3.8, 4) is 11.8 Å². The van der Waals surface area contributed by atoms with E-state index in [1.807, 2.05) is 0 Å². The van der Waals surface area contributed by atoms with Crippen LogP contribution in [0.1, 0.15) is 13.3 Å². The smallest absolute Gasteiger partial charge is 0.0276 e. The highest BCUT2D eigenvalue weighted by molar-refractivity contribution is 5.30. The first-order valence-corrected chi connectivity index (χ1v) is 3.89. The zero-order valence-electron chi connectivity index (χ0n) is 5.59. The summed E-state index contributed by atoms with van der Waals surface area (Å²) in [6.07, 6.45) is 1.51. The summed E-state index contributed by atoms with van der Waals surface area (Å²) in [5, 5.41) is 0. The van der Waals surface area contributed by atoms with Gasteiger partial charge < -0.3 is 0 Å². The first-order chi connectivity index (χ1) is 4.38. The number of fused-ring (bicyclic) bond motifs is 4. The molecule has 46 valence electrons. The van der Waals surface area contributed by atoms with Crippen molar-refractivity contribution >= 4 is 0 Å². The molecule has 5 atom stereocenters. The van der Waals surface area contributed by atoms with Gasteiger partial charge in [0, 0.05) is 11.8 Å². The Morgan fingerprint density at radius 1 is 1.22 bits per heavy atom. The highest BCUT2D eigenvalue weighted by Gasteiger charge is 2.63. The Morgan fingerprint density at radius 3 is 2.89 bits per heavy atom. The van der Waals surface area contributed by atoms with Crippen LogP contribution in [0.3, 0.4) is 0 Å². The van der Waals surface area contributed by atoms with Crippen LogP contribution < -0.4 is 0 Å². The molecule has 5 unspecified atom stereocenters.